The highest BCUT2D eigenvalue weighted by Crippen LogP contribution is 2.33. The summed E-state index contributed by atoms with van der Waals surface area (Å²) in [5, 5.41) is 0. The number of rotatable bonds is 6. The van der Waals surface area contributed by atoms with Gasteiger partial charge in [-0.1, -0.05) is 26.3 Å². The minimum atomic E-state index is -0.282. The van der Waals surface area contributed by atoms with Crippen molar-refractivity contribution >= 4 is 0 Å². The number of nitrogens with one attached hydrogen (secondary N) is 1. The van der Waals surface area contributed by atoms with Crippen LogP contribution in [0.25, 0.3) is 0 Å². The zero-order valence-electron chi connectivity index (χ0n) is 10.7. The Bertz CT molecular complexity index is 357. The molecule has 0 fully saturated rings. The van der Waals surface area contributed by atoms with E-state index in [9.17, 15) is 4.39 Å². The minimum Gasteiger partial charge on any atom is -0.496 e. The van der Waals surface area contributed by atoms with Crippen molar-refractivity contribution in [1.82, 2.24) is 5.43 Å². The second-order valence-electron chi connectivity index (χ2n) is 4.27. The second-order valence-corrected chi connectivity index (χ2v) is 4.27. The molecule has 2 unspecified atom stereocenters. The summed E-state index contributed by atoms with van der Waals surface area (Å²) in [5.41, 5.74) is 3.21. The number of ether oxygens (including phenoxy) is 1. The molecule has 0 amide bonds. The van der Waals surface area contributed by atoms with Crippen LogP contribution < -0.4 is 16.0 Å². The second kappa shape index (κ2) is 6.57. The van der Waals surface area contributed by atoms with Crippen molar-refractivity contribution in [3.63, 3.8) is 0 Å². The Morgan fingerprint density at radius 1 is 1.47 bits per heavy atom. The van der Waals surface area contributed by atoms with Crippen LogP contribution in [0, 0.1) is 11.7 Å². The van der Waals surface area contributed by atoms with E-state index in [1.165, 1.54) is 13.2 Å². The van der Waals surface area contributed by atoms with E-state index in [2.05, 4.69) is 19.3 Å². The van der Waals surface area contributed by atoms with Crippen molar-refractivity contribution in [1.29, 1.82) is 0 Å². The molecule has 0 aliphatic rings. The Balaban J connectivity index is 3.10. The summed E-state index contributed by atoms with van der Waals surface area (Å²) in [6.07, 6.45) is 2.02. The average molecular weight is 240 g/mol. The number of hydrogen-bond donors (Lipinski definition) is 2. The third-order valence-electron chi connectivity index (χ3n) is 3.04. The zero-order valence-corrected chi connectivity index (χ0v) is 10.7. The summed E-state index contributed by atoms with van der Waals surface area (Å²) in [6.45, 7) is 4.16. The maximum absolute atomic E-state index is 13.9. The number of halogens is 1. The molecular formula is C13H21FN2O. The predicted molar refractivity (Wildman–Crippen MR) is 67.1 cm³/mol. The van der Waals surface area contributed by atoms with Crippen LogP contribution in [0.4, 0.5) is 4.39 Å². The van der Waals surface area contributed by atoms with Crippen molar-refractivity contribution in [2.24, 2.45) is 11.8 Å². The summed E-state index contributed by atoms with van der Waals surface area (Å²) < 4.78 is 19.1. The van der Waals surface area contributed by atoms with Crippen LogP contribution >= 0.6 is 0 Å². The van der Waals surface area contributed by atoms with E-state index in [-0.39, 0.29) is 17.8 Å². The van der Waals surface area contributed by atoms with Gasteiger partial charge in [0.2, 0.25) is 0 Å². The lowest BCUT2D eigenvalue weighted by molar-refractivity contribution is 0.334. The molecule has 0 aromatic heterocycles. The SMILES string of the molecule is CCCC(C)C(NN)c1c(F)cccc1OC. The van der Waals surface area contributed by atoms with E-state index >= 15 is 0 Å². The average Bonchev–Trinajstić information content (AvgIpc) is 2.32. The van der Waals surface area contributed by atoms with Gasteiger partial charge in [0.25, 0.3) is 0 Å². The van der Waals surface area contributed by atoms with Crippen LogP contribution in [-0.4, -0.2) is 7.11 Å². The highest BCUT2D eigenvalue weighted by molar-refractivity contribution is 5.37. The number of benzene rings is 1. The van der Waals surface area contributed by atoms with E-state index < -0.39 is 0 Å². The molecule has 1 rings (SSSR count). The summed E-state index contributed by atoms with van der Waals surface area (Å²) in [6, 6.07) is 4.59. The predicted octanol–water partition coefficient (Wildman–Crippen LogP) is 2.77. The molecule has 17 heavy (non-hydrogen) atoms. The number of hydrazine groups is 1. The van der Waals surface area contributed by atoms with E-state index in [4.69, 9.17) is 10.6 Å². The van der Waals surface area contributed by atoms with Gasteiger partial charge < -0.3 is 4.74 Å². The molecule has 0 spiro atoms. The molecular weight excluding hydrogens is 219 g/mol. The highest BCUT2D eigenvalue weighted by Gasteiger charge is 2.24. The molecule has 0 radical (unpaired) electrons. The maximum atomic E-state index is 13.9. The number of nitrogens with two attached hydrogens (primary N) is 1. The summed E-state index contributed by atoms with van der Waals surface area (Å²) in [4.78, 5) is 0. The Labute approximate surface area is 102 Å². The lowest BCUT2D eigenvalue weighted by Crippen LogP contribution is -2.33. The highest BCUT2D eigenvalue weighted by atomic mass is 19.1. The molecule has 96 valence electrons. The fourth-order valence-electron chi connectivity index (χ4n) is 2.15. The van der Waals surface area contributed by atoms with Gasteiger partial charge >= 0.3 is 0 Å². The molecule has 0 bridgehead atoms. The Morgan fingerprint density at radius 3 is 2.71 bits per heavy atom. The molecule has 0 aliphatic heterocycles. The van der Waals surface area contributed by atoms with Crippen molar-refractivity contribution in [3.8, 4) is 5.75 Å². The first-order valence-corrected chi connectivity index (χ1v) is 5.94. The van der Waals surface area contributed by atoms with E-state index in [0.29, 0.717) is 11.3 Å². The van der Waals surface area contributed by atoms with Crippen molar-refractivity contribution in [2.45, 2.75) is 32.7 Å². The summed E-state index contributed by atoms with van der Waals surface area (Å²) in [5.74, 6) is 6.06. The summed E-state index contributed by atoms with van der Waals surface area (Å²) >= 11 is 0. The van der Waals surface area contributed by atoms with Gasteiger partial charge in [0.1, 0.15) is 11.6 Å². The van der Waals surface area contributed by atoms with Crippen LogP contribution in [0.5, 0.6) is 5.75 Å². The topological polar surface area (TPSA) is 47.3 Å². The van der Waals surface area contributed by atoms with Gasteiger partial charge in [-0.15, -0.1) is 0 Å². The van der Waals surface area contributed by atoms with Crippen LogP contribution in [0.1, 0.15) is 38.3 Å². The molecule has 1 aromatic rings. The third kappa shape index (κ3) is 3.17. The Kier molecular flexibility index (Phi) is 5.38. The van der Waals surface area contributed by atoms with Gasteiger partial charge in [-0.05, 0) is 24.5 Å². The van der Waals surface area contributed by atoms with Gasteiger partial charge in [-0.25, -0.2) is 4.39 Å². The van der Waals surface area contributed by atoms with Crippen LogP contribution in [0.15, 0.2) is 18.2 Å². The van der Waals surface area contributed by atoms with Crippen LogP contribution in [-0.2, 0) is 0 Å². The Morgan fingerprint density at radius 2 is 2.18 bits per heavy atom. The Hall–Kier alpha value is -1.13. The monoisotopic (exact) mass is 240 g/mol. The van der Waals surface area contributed by atoms with E-state index in [1.807, 2.05) is 0 Å². The van der Waals surface area contributed by atoms with Gasteiger partial charge in [0, 0.05) is 5.56 Å². The normalized spacial score (nSPS) is 14.4. The van der Waals surface area contributed by atoms with Crippen LogP contribution in [0.2, 0.25) is 0 Å². The number of hydrogen-bond acceptors (Lipinski definition) is 3. The van der Waals surface area contributed by atoms with E-state index in [1.54, 1.807) is 12.1 Å². The van der Waals surface area contributed by atoms with Gasteiger partial charge in [-0.3, -0.25) is 11.3 Å². The molecule has 0 aliphatic carbocycles. The fraction of sp³-hybridized carbons (Fsp3) is 0.538. The first-order valence-electron chi connectivity index (χ1n) is 5.94. The first kappa shape index (κ1) is 13.9. The van der Waals surface area contributed by atoms with Gasteiger partial charge in [0.15, 0.2) is 0 Å². The smallest absolute Gasteiger partial charge is 0.131 e. The molecule has 3 nitrogen and oxygen atoms in total. The maximum Gasteiger partial charge on any atom is 0.131 e. The minimum absolute atomic E-state index is 0.230. The molecule has 0 saturated carbocycles. The lowest BCUT2D eigenvalue weighted by atomic mass is 9.90. The molecule has 2 atom stereocenters. The standard InChI is InChI=1S/C13H21FN2O/c1-4-6-9(2)13(16-15)12-10(14)7-5-8-11(12)17-3/h5,7-9,13,16H,4,6,15H2,1-3H3. The third-order valence-corrected chi connectivity index (χ3v) is 3.04. The zero-order chi connectivity index (χ0) is 12.8. The van der Waals surface area contributed by atoms with Crippen molar-refractivity contribution < 1.29 is 9.13 Å². The molecule has 1 aromatic carbocycles. The lowest BCUT2D eigenvalue weighted by Gasteiger charge is -2.25. The molecule has 0 heterocycles. The van der Waals surface area contributed by atoms with Gasteiger partial charge in [0.05, 0.1) is 13.2 Å². The molecule has 3 N–H and O–H groups in total. The van der Waals surface area contributed by atoms with Gasteiger partial charge in [-0.2, -0.15) is 0 Å². The first-order chi connectivity index (χ1) is 8.15. The molecule has 4 heteroatoms. The number of methoxy groups -OCH3 is 1. The van der Waals surface area contributed by atoms with E-state index in [0.717, 1.165) is 12.8 Å². The van der Waals surface area contributed by atoms with Crippen molar-refractivity contribution in [2.75, 3.05) is 7.11 Å². The van der Waals surface area contributed by atoms with Crippen LogP contribution in [0.3, 0.4) is 0 Å². The molecule has 0 saturated heterocycles. The quantitative estimate of drug-likeness (QED) is 0.593. The fourth-order valence-corrected chi connectivity index (χ4v) is 2.15. The van der Waals surface area contributed by atoms with Crippen molar-refractivity contribution in [3.05, 3.63) is 29.6 Å². The summed E-state index contributed by atoms with van der Waals surface area (Å²) in [7, 11) is 1.54. The largest absolute Gasteiger partial charge is 0.496 e.